The molecule has 66 valence electrons. The van der Waals surface area contributed by atoms with E-state index in [2.05, 4.69) is 27.2 Å². The van der Waals surface area contributed by atoms with Crippen LogP contribution in [0.1, 0.15) is 59.3 Å². The minimum absolute atomic E-state index is 0.907. The molecule has 0 aliphatic carbocycles. The molecule has 0 amide bonds. The van der Waals surface area contributed by atoms with E-state index in [9.17, 15) is 0 Å². The van der Waals surface area contributed by atoms with Gasteiger partial charge in [-0.3, -0.25) is 0 Å². The zero-order valence-electron chi connectivity index (χ0n) is 8.40. The minimum Gasteiger partial charge on any atom is -0.0654 e. The van der Waals surface area contributed by atoms with Gasteiger partial charge in [0.05, 0.1) is 18.8 Å². The van der Waals surface area contributed by atoms with Crippen molar-refractivity contribution in [1.29, 1.82) is 0 Å². The highest BCUT2D eigenvalue weighted by Gasteiger charge is 2.13. The SMILES string of the molecule is CC[CH+]C(CCC)CCCC. The summed E-state index contributed by atoms with van der Waals surface area (Å²) in [6.45, 7) is 6.80. The Morgan fingerprint density at radius 3 is 2.18 bits per heavy atom. The summed E-state index contributed by atoms with van der Waals surface area (Å²) in [7, 11) is 0. The van der Waals surface area contributed by atoms with Crippen LogP contribution in [0.15, 0.2) is 0 Å². The van der Waals surface area contributed by atoms with Crippen molar-refractivity contribution in [1.82, 2.24) is 0 Å². The summed E-state index contributed by atoms with van der Waals surface area (Å²) >= 11 is 0. The lowest BCUT2D eigenvalue weighted by Gasteiger charge is -2.05. The predicted molar refractivity (Wildman–Crippen MR) is 52.5 cm³/mol. The molecule has 11 heavy (non-hydrogen) atoms. The molecule has 0 aromatic carbocycles. The Morgan fingerprint density at radius 1 is 1.00 bits per heavy atom. The quantitative estimate of drug-likeness (QED) is 0.483. The van der Waals surface area contributed by atoms with E-state index >= 15 is 0 Å². The predicted octanol–water partition coefficient (Wildman–Crippen LogP) is 4.21. The summed E-state index contributed by atoms with van der Waals surface area (Å²) in [5.41, 5.74) is 0. The molecule has 0 radical (unpaired) electrons. The second-order valence-corrected chi connectivity index (χ2v) is 3.33. The van der Waals surface area contributed by atoms with Crippen LogP contribution in [0.2, 0.25) is 0 Å². The molecule has 0 aliphatic rings. The molecule has 0 fully saturated rings. The van der Waals surface area contributed by atoms with E-state index in [1.807, 2.05) is 0 Å². The van der Waals surface area contributed by atoms with Gasteiger partial charge in [0, 0.05) is 0 Å². The molecule has 0 saturated heterocycles. The summed E-state index contributed by atoms with van der Waals surface area (Å²) in [6.07, 6.45) is 10.6. The zero-order valence-corrected chi connectivity index (χ0v) is 8.40. The van der Waals surface area contributed by atoms with Gasteiger partial charge in [-0.25, -0.2) is 0 Å². The molecule has 0 rings (SSSR count). The first-order valence-electron chi connectivity index (χ1n) is 5.18. The van der Waals surface area contributed by atoms with Crippen LogP contribution in [0.25, 0.3) is 0 Å². The first-order chi connectivity index (χ1) is 5.35. The van der Waals surface area contributed by atoms with Gasteiger partial charge >= 0.3 is 0 Å². The van der Waals surface area contributed by atoms with Gasteiger partial charge in [-0.2, -0.15) is 0 Å². The van der Waals surface area contributed by atoms with Gasteiger partial charge in [0.2, 0.25) is 0 Å². The molecule has 0 aromatic rings. The number of rotatable bonds is 7. The fourth-order valence-electron chi connectivity index (χ4n) is 1.55. The van der Waals surface area contributed by atoms with Crippen molar-refractivity contribution in [2.75, 3.05) is 0 Å². The Balaban J connectivity index is 3.34. The lowest BCUT2D eigenvalue weighted by Crippen LogP contribution is -1.99. The van der Waals surface area contributed by atoms with Crippen molar-refractivity contribution >= 4 is 0 Å². The largest absolute Gasteiger partial charge is 0.0977 e. The third-order valence-electron chi connectivity index (χ3n) is 2.16. The van der Waals surface area contributed by atoms with E-state index < -0.39 is 0 Å². The lowest BCUT2D eigenvalue weighted by molar-refractivity contribution is 0.473. The molecular weight excluding hydrogens is 132 g/mol. The number of hydrogen-bond donors (Lipinski definition) is 0. The molecule has 0 aliphatic heterocycles. The van der Waals surface area contributed by atoms with Gasteiger partial charge in [0.25, 0.3) is 0 Å². The second kappa shape index (κ2) is 7.97. The van der Waals surface area contributed by atoms with E-state index in [0.717, 1.165) is 5.92 Å². The summed E-state index contributed by atoms with van der Waals surface area (Å²) in [5.74, 6) is 0.907. The highest BCUT2D eigenvalue weighted by Crippen LogP contribution is 2.18. The van der Waals surface area contributed by atoms with Gasteiger partial charge in [0.15, 0.2) is 0 Å². The van der Waals surface area contributed by atoms with Crippen molar-refractivity contribution in [2.24, 2.45) is 5.92 Å². The van der Waals surface area contributed by atoms with Gasteiger partial charge in [-0.05, 0) is 26.2 Å². The normalized spacial score (nSPS) is 13.0. The smallest absolute Gasteiger partial charge is 0.0654 e. The van der Waals surface area contributed by atoms with Crippen molar-refractivity contribution in [3.63, 3.8) is 0 Å². The van der Waals surface area contributed by atoms with Crippen molar-refractivity contribution in [3.05, 3.63) is 6.42 Å². The van der Waals surface area contributed by atoms with Crippen LogP contribution in [0, 0.1) is 12.3 Å². The fourth-order valence-corrected chi connectivity index (χ4v) is 1.55. The highest BCUT2D eigenvalue weighted by molar-refractivity contribution is 4.73. The Bertz CT molecular complexity index is 60.4. The van der Waals surface area contributed by atoms with Crippen LogP contribution in [0.4, 0.5) is 0 Å². The topological polar surface area (TPSA) is 0 Å². The van der Waals surface area contributed by atoms with Crippen LogP contribution in [-0.2, 0) is 0 Å². The average Bonchev–Trinajstić information content (AvgIpc) is 2.01. The molecule has 0 heteroatoms. The number of unbranched alkanes of at least 4 members (excludes halogenated alkanes) is 1. The molecule has 0 aromatic heterocycles. The molecule has 1 unspecified atom stereocenters. The van der Waals surface area contributed by atoms with Crippen LogP contribution in [-0.4, -0.2) is 0 Å². The number of hydrogen-bond acceptors (Lipinski definition) is 0. The van der Waals surface area contributed by atoms with Gasteiger partial charge in [0.1, 0.15) is 0 Å². The maximum atomic E-state index is 2.49. The summed E-state index contributed by atoms with van der Waals surface area (Å²) < 4.78 is 0. The molecule has 0 bridgehead atoms. The summed E-state index contributed by atoms with van der Waals surface area (Å²) in [6, 6.07) is 0. The van der Waals surface area contributed by atoms with E-state index in [0.29, 0.717) is 0 Å². The molecule has 0 N–H and O–H groups in total. The summed E-state index contributed by atoms with van der Waals surface area (Å²) in [5, 5.41) is 0. The molecule has 1 atom stereocenters. The average molecular weight is 155 g/mol. The van der Waals surface area contributed by atoms with Gasteiger partial charge < -0.3 is 0 Å². The van der Waals surface area contributed by atoms with E-state index in [1.54, 1.807) is 0 Å². The monoisotopic (exact) mass is 155 g/mol. The van der Waals surface area contributed by atoms with Gasteiger partial charge in [-0.15, -0.1) is 0 Å². The molecule has 0 spiro atoms. The minimum atomic E-state index is 0.907. The lowest BCUT2D eigenvalue weighted by atomic mass is 9.93. The van der Waals surface area contributed by atoms with E-state index in [-0.39, 0.29) is 0 Å². The Labute approximate surface area is 72.4 Å². The zero-order chi connectivity index (χ0) is 8.53. The maximum Gasteiger partial charge on any atom is 0.0977 e. The Kier molecular flexibility index (Phi) is 7.88. The van der Waals surface area contributed by atoms with Crippen molar-refractivity contribution in [3.8, 4) is 0 Å². The fraction of sp³-hybridized carbons (Fsp3) is 0.909. The third-order valence-corrected chi connectivity index (χ3v) is 2.16. The van der Waals surface area contributed by atoms with Crippen molar-refractivity contribution in [2.45, 2.75) is 59.3 Å². The third kappa shape index (κ3) is 6.28. The highest BCUT2D eigenvalue weighted by atomic mass is 14.1. The standard InChI is InChI=1S/C11H23/c1-4-7-10-11(8-5-2)9-6-3/h8,11H,4-7,9-10H2,1-3H3/q+1. The second-order valence-electron chi connectivity index (χ2n) is 3.33. The van der Waals surface area contributed by atoms with E-state index in [1.165, 1.54) is 38.5 Å². The molecular formula is C11H23+. The van der Waals surface area contributed by atoms with Crippen LogP contribution in [0.5, 0.6) is 0 Å². The Hall–Kier alpha value is -0.130. The van der Waals surface area contributed by atoms with Crippen LogP contribution >= 0.6 is 0 Å². The Morgan fingerprint density at radius 2 is 1.73 bits per heavy atom. The molecule has 0 saturated carbocycles. The van der Waals surface area contributed by atoms with Crippen LogP contribution < -0.4 is 0 Å². The molecule has 0 heterocycles. The first kappa shape index (κ1) is 10.9. The van der Waals surface area contributed by atoms with Gasteiger partial charge in [-0.1, -0.05) is 26.7 Å². The molecule has 0 nitrogen and oxygen atoms in total. The summed E-state index contributed by atoms with van der Waals surface area (Å²) in [4.78, 5) is 0. The van der Waals surface area contributed by atoms with Crippen molar-refractivity contribution < 1.29 is 0 Å². The first-order valence-corrected chi connectivity index (χ1v) is 5.18. The van der Waals surface area contributed by atoms with E-state index in [4.69, 9.17) is 0 Å². The van der Waals surface area contributed by atoms with Crippen LogP contribution in [0.3, 0.4) is 0 Å². The maximum absolute atomic E-state index is 2.49.